The summed E-state index contributed by atoms with van der Waals surface area (Å²) in [6.45, 7) is 3.25. The zero-order chi connectivity index (χ0) is 30.4. The number of aryl methyl sites for hydroxylation is 3. The average Bonchev–Trinajstić information content (AvgIpc) is 3.27. The van der Waals surface area contributed by atoms with Crippen molar-refractivity contribution in [3.63, 3.8) is 0 Å². The number of rotatable bonds is 10. The Morgan fingerprint density at radius 1 is 1.00 bits per heavy atom. The average molecular weight is 622 g/mol. The molecule has 0 spiro atoms. The van der Waals surface area contributed by atoms with Gasteiger partial charge in [-0.1, -0.05) is 72.3 Å². The Labute approximate surface area is 257 Å². The molecule has 2 amide bonds. The van der Waals surface area contributed by atoms with Crippen molar-refractivity contribution in [2.75, 3.05) is 18.8 Å². The van der Waals surface area contributed by atoms with Gasteiger partial charge in [-0.3, -0.25) is 4.79 Å². The van der Waals surface area contributed by atoms with E-state index in [0.29, 0.717) is 42.2 Å². The van der Waals surface area contributed by atoms with E-state index in [1.165, 1.54) is 5.56 Å². The predicted octanol–water partition coefficient (Wildman–Crippen LogP) is 6.34. The summed E-state index contributed by atoms with van der Waals surface area (Å²) in [4.78, 5) is 27.8. The minimum absolute atomic E-state index is 0.152. The molecule has 1 fully saturated rings. The van der Waals surface area contributed by atoms with Crippen molar-refractivity contribution in [1.82, 2.24) is 14.2 Å². The molecule has 0 aliphatic carbocycles. The Kier molecular flexibility index (Phi) is 9.72. The molecule has 8 nitrogen and oxygen atoms in total. The second kappa shape index (κ2) is 13.7. The molecule has 1 aliphatic heterocycles. The van der Waals surface area contributed by atoms with E-state index in [2.05, 4.69) is 16.9 Å². The SMILES string of the molecule is Cc1c(C(=O)NS(=O)(=O)C[C@H]2CCCN(C(=O)OCc3ccccc3)C2)n(CCCc2ccccc2)c2ccc(Cl)cc12. The van der Waals surface area contributed by atoms with Crippen LogP contribution in [0.15, 0.2) is 78.9 Å². The Morgan fingerprint density at radius 2 is 1.70 bits per heavy atom. The molecule has 0 radical (unpaired) electrons. The number of benzene rings is 3. The highest BCUT2D eigenvalue weighted by molar-refractivity contribution is 7.90. The first kappa shape index (κ1) is 30.6. The molecule has 226 valence electrons. The second-order valence-electron chi connectivity index (χ2n) is 11.1. The van der Waals surface area contributed by atoms with Gasteiger partial charge in [-0.25, -0.2) is 17.9 Å². The number of halogens is 1. The van der Waals surface area contributed by atoms with E-state index in [1.807, 2.05) is 66.1 Å². The van der Waals surface area contributed by atoms with Gasteiger partial charge in [-0.05, 0) is 73.4 Å². The lowest BCUT2D eigenvalue weighted by Gasteiger charge is -2.31. The molecule has 43 heavy (non-hydrogen) atoms. The molecule has 1 saturated heterocycles. The number of hydrogen-bond donors (Lipinski definition) is 1. The van der Waals surface area contributed by atoms with Crippen molar-refractivity contribution in [3.05, 3.63) is 106 Å². The number of sulfonamides is 1. The number of ether oxygens (including phenoxy) is 1. The number of aromatic nitrogens is 1. The number of nitrogens with one attached hydrogen (secondary N) is 1. The van der Waals surface area contributed by atoms with Crippen LogP contribution in [0.1, 0.15) is 46.4 Å². The third-order valence-corrected chi connectivity index (χ3v) is 9.51. The van der Waals surface area contributed by atoms with Crippen molar-refractivity contribution < 1.29 is 22.7 Å². The fraction of sp³-hybridized carbons (Fsp3) is 0.333. The van der Waals surface area contributed by atoms with Crippen LogP contribution in [0.5, 0.6) is 0 Å². The highest BCUT2D eigenvalue weighted by atomic mass is 35.5. The lowest BCUT2D eigenvalue weighted by molar-refractivity contribution is 0.0811. The van der Waals surface area contributed by atoms with E-state index in [4.69, 9.17) is 16.3 Å². The van der Waals surface area contributed by atoms with Crippen LogP contribution in [0.3, 0.4) is 0 Å². The van der Waals surface area contributed by atoms with E-state index in [9.17, 15) is 18.0 Å². The molecule has 4 aromatic rings. The van der Waals surface area contributed by atoms with Gasteiger partial charge >= 0.3 is 6.09 Å². The highest BCUT2D eigenvalue weighted by Gasteiger charge is 2.30. The van der Waals surface area contributed by atoms with Gasteiger partial charge < -0.3 is 14.2 Å². The Balaban J connectivity index is 1.26. The molecular weight excluding hydrogens is 586 g/mol. The molecule has 0 bridgehead atoms. The monoisotopic (exact) mass is 621 g/mol. The molecule has 3 aromatic carbocycles. The maximum absolute atomic E-state index is 13.6. The van der Waals surface area contributed by atoms with Gasteiger partial charge in [0.1, 0.15) is 12.3 Å². The normalized spacial score (nSPS) is 15.4. The fourth-order valence-corrected chi connectivity index (χ4v) is 7.35. The summed E-state index contributed by atoms with van der Waals surface area (Å²) in [6.07, 6.45) is 2.41. The molecular formula is C33H36ClN3O5S. The number of carbonyl (C=O) groups excluding carboxylic acids is 2. The van der Waals surface area contributed by atoms with Gasteiger partial charge in [-0.15, -0.1) is 0 Å². The van der Waals surface area contributed by atoms with Crippen molar-refractivity contribution in [2.24, 2.45) is 5.92 Å². The van der Waals surface area contributed by atoms with Crippen LogP contribution in [-0.2, 0) is 34.3 Å². The zero-order valence-corrected chi connectivity index (χ0v) is 25.7. The number of likely N-dealkylation sites (tertiary alicyclic amines) is 1. The van der Waals surface area contributed by atoms with E-state index < -0.39 is 22.0 Å². The predicted molar refractivity (Wildman–Crippen MR) is 169 cm³/mol. The van der Waals surface area contributed by atoms with E-state index >= 15 is 0 Å². The molecule has 2 heterocycles. The third-order valence-electron chi connectivity index (χ3n) is 7.87. The van der Waals surface area contributed by atoms with Gasteiger partial charge in [0, 0.05) is 35.6 Å². The first-order valence-corrected chi connectivity index (χ1v) is 16.6. The van der Waals surface area contributed by atoms with E-state index in [0.717, 1.165) is 29.3 Å². The summed E-state index contributed by atoms with van der Waals surface area (Å²) >= 11 is 6.27. The smallest absolute Gasteiger partial charge is 0.410 e. The number of amides is 2. The summed E-state index contributed by atoms with van der Waals surface area (Å²) in [5, 5.41) is 1.35. The molecule has 1 atom stereocenters. The first-order chi connectivity index (χ1) is 20.7. The van der Waals surface area contributed by atoms with Crippen LogP contribution in [-0.4, -0.2) is 48.7 Å². The van der Waals surface area contributed by atoms with E-state index in [-0.39, 0.29) is 24.8 Å². The molecule has 1 N–H and O–H groups in total. The molecule has 1 aliphatic rings. The zero-order valence-electron chi connectivity index (χ0n) is 24.2. The number of fused-ring (bicyclic) bond motifs is 1. The quantitative estimate of drug-likeness (QED) is 0.223. The minimum atomic E-state index is -3.99. The van der Waals surface area contributed by atoms with Crippen LogP contribution in [0.2, 0.25) is 5.02 Å². The first-order valence-electron chi connectivity index (χ1n) is 14.5. The van der Waals surface area contributed by atoms with Gasteiger partial charge in [0.2, 0.25) is 10.0 Å². The maximum atomic E-state index is 13.6. The van der Waals surface area contributed by atoms with Crippen molar-refractivity contribution in [2.45, 2.75) is 45.8 Å². The summed E-state index contributed by atoms with van der Waals surface area (Å²) in [5.74, 6) is -1.25. The lowest BCUT2D eigenvalue weighted by Crippen LogP contribution is -2.44. The molecule has 5 rings (SSSR count). The molecule has 0 saturated carbocycles. The number of piperidine rings is 1. The van der Waals surface area contributed by atoms with Crippen LogP contribution < -0.4 is 4.72 Å². The van der Waals surface area contributed by atoms with Crippen molar-refractivity contribution in [1.29, 1.82) is 0 Å². The molecule has 1 aromatic heterocycles. The van der Waals surface area contributed by atoms with Gasteiger partial charge in [0.25, 0.3) is 5.91 Å². The van der Waals surface area contributed by atoms with E-state index in [1.54, 1.807) is 17.0 Å². The standard InChI is InChI=1S/C33H36ClN3O5S/c1-24-29-20-28(34)16-17-30(29)37(19-9-14-25-10-4-2-5-11-25)31(24)32(38)35-43(40,41)23-27-15-8-18-36(21-27)33(39)42-22-26-12-6-3-7-13-26/h2-7,10-13,16-17,20,27H,8-9,14-15,18-19,21-23H2,1H3,(H,35,38)/t27-/m0/s1. The molecule has 0 unspecified atom stereocenters. The molecule has 10 heteroatoms. The van der Waals surface area contributed by atoms with Gasteiger partial charge in [0.15, 0.2) is 0 Å². The largest absolute Gasteiger partial charge is 0.445 e. The number of carbonyl (C=O) groups is 2. The Bertz CT molecular complexity index is 1690. The van der Waals surface area contributed by atoms with Crippen LogP contribution in [0, 0.1) is 12.8 Å². The fourth-order valence-electron chi connectivity index (χ4n) is 5.82. The van der Waals surface area contributed by atoms with Crippen LogP contribution in [0.4, 0.5) is 4.79 Å². The van der Waals surface area contributed by atoms with Crippen molar-refractivity contribution in [3.8, 4) is 0 Å². The number of hydrogen-bond acceptors (Lipinski definition) is 5. The summed E-state index contributed by atoms with van der Waals surface area (Å²) in [7, 11) is -3.99. The van der Waals surface area contributed by atoms with Gasteiger partial charge in [-0.2, -0.15) is 0 Å². The van der Waals surface area contributed by atoms with Crippen molar-refractivity contribution >= 4 is 44.5 Å². The minimum Gasteiger partial charge on any atom is -0.445 e. The van der Waals surface area contributed by atoms with Gasteiger partial charge in [0.05, 0.1) is 5.75 Å². The number of nitrogens with zero attached hydrogens (tertiary/aromatic N) is 2. The maximum Gasteiger partial charge on any atom is 0.410 e. The summed E-state index contributed by atoms with van der Waals surface area (Å²) in [5.41, 5.74) is 3.88. The van der Waals surface area contributed by atoms with Crippen LogP contribution in [0.25, 0.3) is 10.9 Å². The summed E-state index contributed by atoms with van der Waals surface area (Å²) in [6, 6.07) is 24.9. The lowest BCUT2D eigenvalue weighted by atomic mass is 10.0. The Morgan fingerprint density at radius 3 is 2.42 bits per heavy atom. The second-order valence-corrected chi connectivity index (χ2v) is 13.3. The van der Waals surface area contributed by atoms with Crippen LogP contribution >= 0.6 is 11.6 Å². The summed E-state index contributed by atoms with van der Waals surface area (Å²) < 4.78 is 36.2. The topological polar surface area (TPSA) is 97.7 Å². The Hall–Kier alpha value is -3.82. The highest BCUT2D eigenvalue weighted by Crippen LogP contribution is 2.29. The third kappa shape index (κ3) is 7.77.